The van der Waals surface area contributed by atoms with Crippen molar-refractivity contribution in [3.05, 3.63) is 0 Å². The number of hydrogen-bond acceptors (Lipinski definition) is 4. The van der Waals surface area contributed by atoms with Crippen LogP contribution in [0.2, 0.25) is 0 Å². The summed E-state index contributed by atoms with van der Waals surface area (Å²) in [7, 11) is -3.93. The van der Waals surface area contributed by atoms with E-state index >= 15 is 0 Å². The minimum Gasteiger partial charge on any atom is -0.352 e. The molecule has 1 N–H and O–H groups in total. The molecular weight excluding hydrogens is 335 g/mol. The van der Waals surface area contributed by atoms with Crippen LogP contribution in [0.5, 0.6) is 0 Å². The number of piperidine rings is 1. The maximum absolute atomic E-state index is 12.6. The Labute approximate surface area is 134 Å². The van der Waals surface area contributed by atoms with E-state index in [1.165, 1.54) is 0 Å². The summed E-state index contributed by atoms with van der Waals surface area (Å²) in [6.45, 7) is -0.431. The molecule has 0 aromatic carbocycles. The zero-order valence-electron chi connectivity index (χ0n) is 13.0. The van der Waals surface area contributed by atoms with E-state index < -0.39 is 28.8 Å². The first-order valence-electron chi connectivity index (χ1n) is 7.60. The van der Waals surface area contributed by atoms with E-state index in [-0.39, 0.29) is 18.5 Å². The van der Waals surface area contributed by atoms with Gasteiger partial charge in [0.2, 0.25) is 15.9 Å². The van der Waals surface area contributed by atoms with Crippen LogP contribution in [0.25, 0.3) is 0 Å². The second-order valence-corrected chi connectivity index (χ2v) is 8.21. The van der Waals surface area contributed by atoms with Crippen molar-refractivity contribution in [2.24, 2.45) is 0 Å². The van der Waals surface area contributed by atoms with Gasteiger partial charge in [-0.05, 0) is 25.7 Å². The molecule has 10 heteroatoms. The second kappa shape index (κ2) is 6.94. The Morgan fingerprint density at radius 2 is 1.78 bits per heavy atom. The standard InChI is InChI=1S/C13H22F3N3O3S/c1-23(21,22)19(9-13(14,15)16)11-4-6-18(7-5-11)8-12(20)17-10-2-3-10/h10-11H,2-9H2,1H3,(H,17,20). The molecular formula is C13H22F3N3O3S. The molecule has 2 aliphatic rings. The summed E-state index contributed by atoms with van der Waals surface area (Å²) < 4.78 is 61.6. The summed E-state index contributed by atoms with van der Waals surface area (Å²) in [4.78, 5) is 13.6. The van der Waals surface area contributed by atoms with Crippen LogP contribution in [0.15, 0.2) is 0 Å². The zero-order valence-corrected chi connectivity index (χ0v) is 13.8. The number of nitrogens with one attached hydrogen (secondary N) is 1. The van der Waals surface area contributed by atoms with Crippen LogP contribution in [-0.2, 0) is 14.8 Å². The summed E-state index contributed by atoms with van der Waals surface area (Å²) in [5, 5.41) is 2.85. The number of rotatable bonds is 6. The minimum absolute atomic E-state index is 0.0822. The highest BCUT2D eigenvalue weighted by molar-refractivity contribution is 7.88. The van der Waals surface area contributed by atoms with Crippen LogP contribution < -0.4 is 5.32 Å². The maximum Gasteiger partial charge on any atom is 0.402 e. The lowest BCUT2D eigenvalue weighted by molar-refractivity contribution is -0.140. The largest absolute Gasteiger partial charge is 0.402 e. The SMILES string of the molecule is CS(=O)(=O)N(CC(F)(F)F)C1CCN(CC(=O)NC2CC2)CC1. The molecule has 0 spiro atoms. The maximum atomic E-state index is 12.6. The molecule has 1 saturated carbocycles. The van der Waals surface area contributed by atoms with E-state index in [1.54, 1.807) is 0 Å². The molecule has 0 aromatic heterocycles. The predicted octanol–water partition coefficient (Wildman–Crippen LogP) is 0.553. The Hall–Kier alpha value is -0.870. The first-order valence-corrected chi connectivity index (χ1v) is 9.45. The lowest BCUT2D eigenvalue weighted by Gasteiger charge is -2.37. The molecule has 0 bridgehead atoms. The lowest BCUT2D eigenvalue weighted by Crippen LogP contribution is -2.51. The smallest absolute Gasteiger partial charge is 0.352 e. The molecule has 1 aliphatic heterocycles. The fourth-order valence-corrected chi connectivity index (χ4v) is 3.90. The summed E-state index contributed by atoms with van der Waals surface area (Å²) in [5.74, 6) is -0.0822. The van der Waals surface area contributed by atoms with Crippen LogP contribution in [0.1, 0.15) is 25.7 Å². The molecule has 0 aromatic rings. The van der Waals surface area contributed by atoms with Crippen LogP contribution in [0.3, 0.4) is 0 Å². The van der Waals surface area contributed by atoms with Crippen molar-refractivity contribution in [3.8, 4) is 0 Å². The summed E-state index contributed by atoms with van der Waals surface area (Å²) in [6.07, 6.45) is -1.19. The summed E-state index contributed by atoms with van der Waals surface area (Å²) >= 11 is 0. The summed E-state index contributed by atoms with van der Waals surface area (Å²) in [5.41, 5.74) is 0. The van der Waals surface area contributed by atoms with E-state index in [0.29, 0.717) is 30.2 Å². The first kappa shape index (κ1) is 18.5. The molecule has 1 saturated heterocycles. The van der Waals surface area contributed by atoms with Crippen molar-refractivity contribution in [2.75, 3.05) is 32.4 Å². The van der Waals surface area contributed by atoms with Gasteiger partial charge in [-0.1, -0.05) is 0 Å². The van der Waals surface area contributed by atoms with Gasteiger partial charge >= 0.3 is 6.18 Å². The molecule has 134 valence electrons. The number of carbonyl (C=O) groups is 1. The van der Waals surface area contributed by atoms with E-state index in [2.05, 4.69) is 5.32 Å². The number of carbonyl (C=O) groups excluding carboxylic acids is 1. The van der Waals surface area contributed by atoms with Gasteiger partial charge in [0.25, 0.3) is 0 Å². The molecule has 0 radical (unpaired) electrons. The van der Waals surface area contributed by atoms with E-state index in [4.69, 9.17) is 0 Å². The van der Waals surface area contributed by atoms with Crippen molar-refractivity contribution < 1.29 is 26.4 Å². The molecule has 0 unspecified atom stereocenters. The van der Waals surface area contributed by atoms with Gasteiger partial charge in [0.05, 0.1) is 12.8 Å². The molecule has 1 amide bonds. The topological polar surface area (TPSA) is 69.7 Å². The monoisotopic (exact) mass is 357 g/mol. The Morgan fingerprint density at radius 1 is 1.22 bits per heavy atom. The van der Waals surface area contributed by atoms with Gasteiger partial charge in [0.15, 0.2) is 0 Å². The third-order valence-electron chi connectivity index (χ3n) is 4.04. The highest BCUT2D eigenvalue weighted by Gasteiger charge is 2.39. The number of amides is 1. The number of halogens is 3. The number of likely N-dealkylation sites (tertiary alicyclic amines) is 1. The van der Waals surface area contributed by atoms with E-state index in [9.17, 15) is 26.4 Å². The number of hydrogen-bond donors (Lipinski definition) is 1. The summed E-state index contributed by atoms with van der Waals surface area (Å²) in [6, 6.07) is -0.401. The Morgan fingerprint density at radius 3 is 2.22 bits per heavy atom. The van der Waals surface area contributed by atoms with Gasteiger partial charge in [-0.3, -0.25) is 9.69 Å². The predicted molar refractivity (Wildman–Crippen MR) is 78.2 cm³/mol. The average molecular weight is 357 g/mol. The number of nitrogens with zero attached hydrogens (tertiary/aromatic N) is 2. The first-order chi connectivity index (χ1) is 10.5. The fraction of sp³-hybridized carbons (Fsp3) is 0.923. The van der Waals surface area contributed by atoms with Gasteiger partial charge in [-0.15, -0.1) is 0 Å². The van der Waals surface area contributed by atoms with Crippen molar-refractivity contribution in [1.82, 2.24) is 14.5 Å². The van der Waals surface area contributed by atoms with Crippen molar-refractivity contribution in [3.63, 3.8) is 0 Å². The van der Waals surface area contributed by atoms with E-state index in [0.717, 1.165) is 19.1 Å². The number of sulfonamides is 1. The van der Waals surface area contributed by atoms with Crippen molar-refractivity contribution >= 4 is 15.9 Å². The molecule has 6 nitrogen and oxygen atoms in total. The van der Waals surface area contributed by atoms with Gasteiger partial charge in [-0.25, -0.2) is 8.42 Å². The quantitative estimate of drug-likeness (QED) is 0.754. The average Bonchev–Trinajstić information content (AvgIpc) is 3.18. The Bertz CT molecular complexity index is 526. The highest BCUT2D eigenvalue weighted by atomic mass is 32.2. The highest BCUT2D eigenvalue weighted by Crippen LogP contribution is 2.25. The van der Waals surface area contributed by atoms with Gasteiger partial charge < -0.3 is 5.32 Å². The van der Waals surface area contributed by atoms with Crippen LogP contribution >= 0.6 is 0 Å². The second-order valence-electron chi connectivity index (χ2n) is 6.27. The van der Waals surface area contributed by atoms with Crippen LogP contribution in [-0.4, -0.2) is 74.2 Å². The van der Waals surface area contributed by atoms with E-state index in [1.807, 2.05) is 4.90 Å². The van der Waals surface area contributed by atoms with Crippen LogP contribution in [0.4, 0.5) is 13.2 Å². The van der Waals surface area contributed by atoms with Gasteiger partial charge in [0.1, 0.15) is 6.54 Å². The third kappa shape index (κ3) is 6.27. The van der Waals surface area contributed by atoms with Crippen LogP contribution in [0, 0.1) is 0 Å². The number of alkyl halides is 3. The molecule has 0 atom stereocenters. The molecule has 2 fully saturated rings. The zero-order chi connectivity index (χ0) is 17.3. The Kier molecular flexibility index (Phi) is 5.57. The van der Waals surface area contributed by atoms with Crippen molar-refractivity contribution in [2.45, 2.75) is 43.9 Å². The lowest BCUT2D eigenvalue weighted by atomic mass is 10.0. The fourth-order valence-electron chi connectivity index (χ4n) is 2.76. The molecule has 23 heavy (non-hydrogen) atoms. The molecule has 1 heterocycles. The Balaban J connectivity index is 1.86. The minimum atomic E-state index is -4.57. The normalized spacial score (nSPS) is 21.6. The van der Waals surface area contributed by atoms with Gasteiger partial charge in [0, 0.05) is 25.2 Å². The van der Waals surface area contributed by atoms with Crippen molar-refractivity contribution in [1.29, 1.82) is 0 Å². The molecule has 1 aliphatic carbocycles. The third-order valence-corrected chi connectivity index (χ3v) is 5.31. The molecule has 2 rings (SSSR count). The van der Waals surface area contributed by atoms with Gasteiger partial charge in [-0.2, -0.15) is 17.5 Å².